The third kappa shape index (κ3) is 2.50. The zero-order chi connectivity index (χ0) is 10.6. The Bertz CT molecular complexity index is 268. The maximum absolute atomic E-state index is 11.4. The first-order valence-electron chi connectivity index (χ1n) is 5.23. The van der Waals surface area contributed by atoms with Crippen molar-refractivity contribution in [2.24, 2.45) is 10.9 Å². The zero-order valence-corrected chi connectivity index (χ0v) is 8.88. The summed E-state index contributed by atoms with van der Waals surface area (Å²) < 4.78 is 0. The molecule has 1 rings (SSSR count). The zero-order valence-electron chi connectivity index (χ0n) is 8.88. The lowest BCUT2D eigenvalue weighted by Gasteiger charge is -2.04. The van der Waals surface area contributed by atoms with Crippen molar-refractivity contribution in [1.29, 1.82) is 0 Å². The summed E-state index contributed by atoms with van der Waals surface area (Å²) in [6, 6.07) is 0. The highest BCUT2D eigenvalue weighted by atomic mass is 16.1. The minimum atomic E-state index is -0.508. The quantitative estimate of drug-likeness (QED) is 0.507. The maximum Gasteiger partial charge on any atom is 0.149 e. The highest BCUT2D eigenvalue weighted by Crippen LogP contribution is 2.20. The van der Waals surface area contributed by atoms with Gasteiger partial charge < -0.3 is 0 Å². The van der Waals surface area contributed by atoms with Crippen LogP contribution in [0.1, 0.15) is 39.5 Å². The molecule has 0 aromatic carbocycles. The van der Waals surface area contributed by atoms with Crippen LogP contribution in [0.3, 0.4) is 0 Å². The van der Waals surface area contributed by atoms with Gasteiger partial charge in [-0.25, -0.2) is 0 Å². The molecule has 78 valence electrons. The average molecular weight is 195 g/mol. The van der Waals surface area contributed by atoms with Crippen LogP contribution >= 0.6 is 0 Å². The molecule has 0 aromatic rings. The third-order valence-corrected chi connectivity index (χ3v) is 2.52. The normalized spacial score (nSPS) is 24.6. The monoisotopic (exact) mass is 195 g/mol. The summed E-state index contributed by atoms with van der Waals surface area (Å²) in [5.41, 5.74) is 0.816. The van der Waals surface area contributed by atoms with Gasteiger partial charge >= 0.3 is 0 Å². The number of carbonyl (C=O) groups is 2. The van der Waals surface area contributed by atoms with Gasteiger partial charge in [0.25, 0.3) is 0 Å². The van der Waals surface area contributed by atoms with Crippen LogP contribution in [0.5, 0.6) is 0 Å². The maximum atomic E-state index is 11.4. The molecule has 0 radical (unpaired) electrons. The molecule has 0 N–H and O–H groups in total. The molecule has 14 heavy (non-hydrogen) atoms. The second-order valence-corrected chi connectivity index (χ2v) is 3.74. The van der Waals surface area contributed by atoms with Crippen molar-refractivity contribution < 1.29 is 9.59 Å². The Balaban J connectivity index is 2.64. The van der Waals surface area contributed by atoms with E-state index in [9.17, 15) is 9.59 Å². The number of unbranched alkanes of at least 4 members (excludes halogenated alkanes) is 1. The Hall–Kier alpha value is -0.990. The molecule has 1 atom stereocenters. The largest absolute Gasteiger partial charge is 0.299 e. The molecular weight excluding hydrogens is 178 g/mol. The van der Waals surface area contributed by atoms with Gasteiger partial charge in [-0.3, -0.25) is 14.6 Å². The van der Waals surface area contributed by atoms with Crippen LogP contribution in [0.2, 0.25) is 0 Å². The minimum Gasteiger partial charge on any atom is -0.299 e. The predicted octanol–water partition coefficient (Wildman–Crippen LogP) is 1.80. The molecule has 3 heteroatoms. The minimum absolute atomic E-state index is 0.0488. The van der Waals surface area contributed by atoms with Gasteiger partial charge in [0.1, 0.15) is 17.5 Å². The van der Waals surface area contributed by atoms with Gasteiger partial charge in [0.15, 0.2) is 0 Å². The van der Waals surface area contributed by atoms with E-state index in [-0.39, 0.29) is 11.6 Å². The molecule has 0 heterocycles. The van der Waals surface area contributed by atoms with E-state index in [0.717, 1.165) is 25.1 Å². The van der Waals surface area contributed by atoms with Crippen molar-refractivity contribution >= 4 is 17.3 Å². The third-order valence-electron chi connectivity index (χ3n) is 2.52. The van der Waals surface area contributed by atoms with Crippen LogP contribution in [0.25, 0.3) is 0 Å². The fourth-order valence-electron chi connectivity index (χ4n) is 1.74. The summed E-state index contributed by atoms with van der Waals surface area (Å²) in [6.07, 6.45) is 3.31. The Morgan fingerprint density at radius 2 is 2.21 bits per heavy atom. The second kappa shape index (κ2) is 5.03. The standard InChI is InChI=1S/C11H17NO2/c1-3-4-7-12-9-5-6-10(14)11(9)8(2)13/h11H,3-7H2,1-2H3. The lowest BCUT2D eigenvalue weighted by molar-refractivity contribution is -0.127. The van der Waals surface area contributed by atoms with E-state index in [1.165, 1.54) is 6.92 Å². The molecule has 0 aromatic heterocycles. The Morgan fingerprint density at radius 3 is 2.79 bits per heavy atom. The first-order chi connectivity index (χ1) is 6.66. The van der Waals surface area contributed by atoms with E-state index in [1.54, 1.807) is 0 Å². The Kier molecular flexibility index (Phi) is 3.98. The van der Waals surface area contributed by atoms with Gasteiger partial charge in [0.2, 0.25) is 0 Å². The molecule has 1 saturated carbocycles. The summed E-state index contributed by atoms with van der Waals surface area (Å²) in [5.74, 6) is -0.512. The van der Waals surface area contributed by atoms with E-state index in [2.05, 4.69) is 11.9 Å². The fraction of sp³-hybridized carbons (Fsp3) is 0.727. The number of carbonyl (C=O) groups excluding carboxylic acids is 2. The number of nitrogens with zero attached hydrogens (tertiary/aromatic N) is 1. The summed E-state index contributed by atoms with van der Waals surface area (Å²) >= 11 is 0. The molecule has 1 aliphatic carbocycles. The Labute approximate surface area is 84.6 Å². The number of Topliss-reactive ketones (excluding diaryl/α,β-unsaturated/α-hetero) is 2. The van der Waals surface area contributed by atoms with Crippen molar-refractivity contribution in [2.75, 3.05) is 6.54 Å². The molecule has 0 bridgehead atoms. The molecule has 0 saturated heterocycles. The molecule has 0 aliphatic heterocycles. The lowest BCUT2D eigenvalue weighted by atomic mass is 10.0. The van der Waals surface area contributed by atoms with Gasteiger partial charge in [0.05, 0.1) is 0 Å². The fourth-order valence-corrected chi connectivity index (χ4v) is 1.74. The van der Waals surface area contributed by atoms with Gasteiger partial charge in [0, 0.05) is 18.7 Å². The summed E-state index contributed by atoms with van der Waals surface area (Å²) in [7, 11) is 0. The van der Waals surface area contributed by atoms with Crippen LogP contribution in [0.4, 0.5) is 0 Å². The molecule has 0 spiro atoms. The van der Waals surface area contributed by atoms with E-state index >= 15 is 0 Å². The van der Waals surface area contributed by atoms with Gasteiger partial charge in [-0.2, -0.15) is 0 Å². The van der Waals surface area contributed by atoms with Gasteiger partial charge in [-0.1, -0.05) is 13.3 Å². The lowest BCUT2D eigenvalue weighted by Crippen LogP contribution is -2.22. The number of aliphatic imine (C=N–C) groups is 1. The van der Waals surface area contributed by atoms with Crippen LogP contribution in [-0.4, -0.2) is 23.8 Å². The first kappa shape index (κ1) is 11.1. The SMILES string of the molecule is CCCCN=C1CCC(=O)C1C(C)=O. The first-order valence-corrected chi connectivity index (χ1v) is 5.23. The van der Waals surface area contributed by atoms with Crippen molar-refractivity contribution in [3.8, 4) is 0 Å². The summed E-state index contributed by atoms with van der Waals surface area (Å²) in [4.78, 5) is 26.9. The van der Waals surface area contributed by atoms with Crippen molar-refractivity contribution in [1.82, 2.24) is 0 Å². The number of ketones is 2. The van der Waals surface area contributed by atoms with Crippen LogP contribution in [0, 0.1) is 5.92 Å². The van der Waals surface area contributed by atoms with Crippen molar-refractivity contribution in [3.63, 3.8) is 0 Å². The summed E-state index contributed by atoms with van der Waals surface area (Å²) in [6.45, 7) is 4.33. The Morgan fingerprint density at radius 1 is 1.50 bits per heavy atom. The van der Waals surface area contributed by atoms with Gasteiger partial charge in [-0.15, -0.1) is 0 Å². The topological polar surface area (TPSA) is 46.5 Å². The van der Waals surface area contributed by atoms with Crippen LogP contribution in [-0.2, 0) is 9.59 Å². The second-order valence-electron chi connectivity index (χ2n) is 3.74. The molecule has 3 nitrogen and oxygen atoms in total. The van der Waals surface area contributed by atoms with Crippen LogP contribution in [0.15, 0.2) is 4.99 Å². The van der Waals surface area contributed by atoms with Crippen LogP contribution < -0.4 is 0 Å². The number of hydrogen-bond donors (Lipinski definition) is 0. The molecule has 1 aliphatic rings. The number of rotatable bonds is 4. The van der Waals surface area contributed by atoms with E-state index < -0.39 is 5.92 Å². The molecule has 0 amide bonds. The highest BCUT2D eigenvalue weighted by molar-refractivity contribution is 6.24. The van der Waals surface area contributed by atoms with E-state index in [0.29, 0.717) is 12.8 Å². The molecule has 1 fully saturated rings. The van der Waals surface area contributed by atoms with Crippen molar-refractivity contribution in [2.45, 2.75) is 39.5 Å². The van der Waals surface area contributed by atoms with Gasteiger partial charge in [-0.05, 0) is 19.8 Å². The molecular formula is C11H17NO2. The van der Waals surface area contributed by atoms with E-state index in [4.69, 9.17) is 0 Å². The van der Waals surface area contributed by atoms with Crippen molar-refractivity contribution in [3.05, 3.63) is 0 Å². The molecule has 1 unspecified atom stereocenters. The van der Waals surface area contributed by atoms with E-state index in [1.807, 2.05) is 0 Å². The average Bonchev–Trinajstić information content (AvgIpc) is 2.47. The predicted molar refractivity (Wildman–Crippen MR) is 55.6 cm³/mol. The summed E-state index contributed by atoms with van der Waals surface area (Å²) in [5, 5.41) is 0. The highest BCUT2D eigenvalue weighted by Gasteiger charge is 2.33. The smallest absolute Gasteiger partial charge is 0.149 e. The number of hydrogen-bond acceptors (Lipinski definition) is 3.